The van der Waals surface area contributed by atoms with Crippen molar-refractivity contribution in [3.63, 3.8) is 0 Å². The van der Waals surface area contributed by atoms with Gasteiger partial charge in [-0.3, -0.25) is 14.2 Å². The van der Waals surface area contributed by atoms with Crippen molar-refractivity contribution in [2.75, 3.05) is 0 Å². The van der Waals surface area contributed by atoms with Crippen LogP contribution in [0.2, 0.25) is 0 Å². The number of carboxylic acids is 1. The molecule has 1 saturated heterocycles. The number of amides is 1. The SMILES string of the molecule is Cc1nc(=O)n(CC2CCC(=O)N2)c(C)c1CCC(=O)O. The summed E-state index contributed by atoms with van der Waals surface area (Å²) in [6.07, 6.45) is 1.52. The van der Waals surface area contributed by atoms with Gasteiger partial charge in [-0.15, -0.1) is 0 Å². The molecule has 2 heterocycles. The van der Waals surface area contributed by atoms with Gasteiger partial charge in [0.2, 0.25) is 5.91 Å². The second-order valence-electron chi connectivity index (χ2n) is 5.35. The molecule has 114 valence electrons. The van der Waals surface area contributed by atoms with Gasteiger partial charge in [-0.2, -0.15) is 4.98 Å². The second-order valence-corrected chi connectivity index (χ2v) is 5.35. The Morgan fingerprint density at radius 1 is 1.43 bits per heavy atom. The molecule has 1 aromatic rings. The molecule has 0 aromatic carbocycles. The van der Waals surface area contributed by atoms with E-state index in [9.17, 15) is 14.4 Å². The van der Waals surface area contributed by atoms with Crippen molar-refractivity contribution in [2.24, 2.45) is 0 Å². The van der Waals surface area contributed by atoms with Gasteiger partial charge in [0.1, 0.15) is 0 Å². The number of aromatic nitrogens is 2. The molecule has 7 nitrogen and oxygen atoms in total. The molecular weight excluding hydrogens is 274 g/mol. The number of hydrogen-bond acceptors (Lipinski definition) is 4. The van der Waals surface area contributed by atoms with E-state index in [1.807, 2.05) is 0 Å². The van der Waals surface area contributed by atoms with Crippen molar-refractivity contribution >= 4 is 11.9 Å². The highest BCUT2D eigenvalue weighted by Crippen LogP contribution is 2.14. The van der Waals surface area contributed by atoms with Crippen LogP contribution < -0.4 is 11.0 Å². The van der Waals surface area contributed by atoms with Gasteiger partial charge in [-0.1, -0.05) is 0 Å². The summed E-state index contributed by atoms with van der Waals surface area (Å²) in [4.78, 5) is 38.0. The summed E-state index contributed by atoms with van der Waals surface area (Å²) >= 11 is 0. The summed E-state index contributed by atoms with van der Waals surface area (Å²) in [6.45, 7) is 3.89. The number of nitrogens with zero attached hydrogens (tertiary/aromatic N) is 2. The van der Waals surface area contributed by atoms with Crippen molar-refractivity contribution in [3.8, 4) is 0 Å². The Morgan fingerprint density at radius 3 is 2.71 bits per heavy atom. The van der Waals surface area contributed by atoms with E-state index in [1.165, 1.54) is 4.57 Å². The van der Waals surface area contributed by atoms with Gasteiger partial charge in [0.15, 0.2) is 0 Å². The molecule has 2 N–H and O–H groups in total. The van der Waals surface area contributed by atoms with Crippen LogP contribution in [0.15, 0.2) is 4.79 Å². The third kappa shape index (κ3) is 3.48. The normalized spacial score (nSPS) is 17.8. The quantitative estimate of drug-likeness (QED) is 0.805. The largest absolute Gasteiger partial charge is 0.481 e. The van der Waals surface area contributed by atoms with E-state index in [2.05, 4.69) is 10.3 Å². The van der Waals surface area contributed by atoms with Crippen LogP contribution in [0.5, 0.6) is 0 Å². The molecule has 1 unspecified atom stereocenters. The average Bonchev–Trinajstić information content (AvgIpc) is 2.79. The summed E-state index contributed by atoms with van der Waals surface area (Å²) in [5, 5.41) is 11.6. The fourth-order valence-corrected chi connectivity index (χ4v) is 2.68. The van der Waals surface area contributed by atoms with Crippen LogP contribution in [0, 0.1) is 13.8 Å². The molecule has 7 heteroatoms. The molecule has 2 rings (SSSR count). The molecule has 0 aliphatic carbocycles. The van der Waals surface area contributed by atoms with Gasteiger partial charge in [0, 0.05) is 36.8 Å². The van der Waals surface area contributed by atoms with Gasteiger partial charge >= 0.3 is 11.7 Å². The van der Waals surface area contributed by atoms with Crippen LogP contribution in [0.3, 0.4) is 0 Å². The minimum absolute atomic E-state index is 0.00171. The van der Waals surface area contributed by atoms with E-state index < -0.39 is 5.97 Å². The number of hydrogen-bond donors (Lipinski definition) is 2. The molecule has 1 aliphatic rings. The van der Waals surface area contributed by atoms with Crippen molar-refractivity contribution in [3.05, 3.63) is 27.4 Å². The minimum Gasteiger partial charge on any atom is -0.481 e. The summed E-state index contributed by atoms with van der Waals surface area (Å²) in [5.74, 6) is -0.883. The Hall–Kier alpha value is -2.18. The van der Waals surface area contributed by atoms with Gasteiger partial charge < -0.3 is 10.4 Å². The van der Waals surface area contributed by atoms with Gasteiger partial charge in [0.05, 0.1) is 0 Å². The highest BCUT2D eigenvalue weighted by Gasteiger charge is 2.23. The fourth-order valence-electron chi connectivity index (χ4n) is 2.68. The Labute approximate surface area is 122 Å². The molecular formula is C14H19N3O4. The molecule has 1 aromatic heterocycles. The Morgan fingerprint density at radius 2 is 2.14 bits per heavy atom. The highest BCUT2D eigenvalue weighted by atomic mass is 16.4. The van der Waals surface area contributed by atoms with Gasteiger partial charge in [-0.25, -0.2) is 4.79 Å². The molecule has 1 fully saturated rings. The molecule has 21 heavy (non-hydrogen) atoms. The molecule has 1 aliphatic heterocycles. The van der Waals surface area contributed by atoms with E-state index in [0.717, 1.165) is 11.3 Å². The monoisotopic (exact) mass is 293 g/mol. The maximum Gasteiger partial charge on any atom is 0.348 e. The minimum atomic E-state index is -0.880. The topological polar surface area (TPSA) is 101 Å². The van der Waals surface area contributed by atoms with Gasteiger partial charge in [0.25, 0.3) is 0 Å². The van der Waals surface area contributed by atoms with E-state index in [4.69, 9.17) is 5.11 Å². The number of carbonyl (C=O) groups excluding carboxylic acids is 1. The molecule has 1 atom stereocenters. The zero-order chi connectivity index (χ0) is 15.6. The van der Waals surface area contributed by atoms with Crippen LogP contribution >= 0.6 is 0 Å². The third-order valence-electron chi connectivity index (χ3n) is 3.85. The molecule has 0 spiro atoms. The number of carbonyl (C=O) groups is 2. The lowest BCUT2D eigenvalue weighted by Gasteiger charge is -2.18. The lowest BCUT2D eigenvalue weighted by Crippen LogP contribution is -2.36. The van der Waals surface area contributed by atoms with Crippen molar-refractivity contribution in [1.82, 2.24) is 14.9 Å². The highest BCUT2D eigenvalue weighted by molar-refractivity contribution is 5.78. The predicted octanol–water partition coefficient (Wildman–Crippen LogP) is 0.156. The summed E-state index contributed by atoms with van der Waals surface area (Å²) in [5.41, 5.74) is 1.74. The smallest absolute Gasteiger partial charge is 0.348 e. The van der Waals surface area contributed by atoms with E-state index in [1.54, 1.807) is 13.8 Å². The standard InChI is InChI=1S/C14H19N3O4/c1-8-11(4-6-13(19)20)9(2)17(14(21)15-8)7-10-3-5-12(18)16-10/h10H,3-7H2,1-2H3,(H,16,18)(H,19,20). The third-order valence-corrected chi connectivity index (χ3v) is 3.85. The summed E-state index contributed by atoms with van der Waals surface area (Å²) in [6, 6.07) is -0.0641. The molecule has 0 radical (unpaired) electrons. The number of carboxylic acid groups (broad SMARTS) is 1. The summed E-state index contributed by atoms with van der Waals surface area (Å²) in [7, 11) is 0. The Balaban J connectivity index is 2.27. The van der Waals surface area contributed by atoms with Crippen LogP contribution in [-0.4, -0.2) is 32.6 Å². The first-order chi connectivity index (χ1) is 9.88. The van der Waals surface area contributed by atoms with Crippen molar-refractivity contribution < 1.29 is 14.7 Å². The number of rotatable bonds is 5. The number of nitrogens with one attached hydrogen (secondary N) is 1. The Kier molecular flexibility index (Phi) is 4.40. The number of aryl methyl sites for hydroxylation is 1. The lowest BCUT2D eigenvalue weighted by atomic mass is 10.1. The summed E-state index contributed by atoms with van der Waals surface area (Å²) < 4.78 is 1.53. The van der Waals surface area contributed by atoms with Gasteiger partial charge in [-0.05, 0) is 32.3 Å². The number of aliphatic carboxylic acids is 1. The Bertz CT molecular complexity index is 636. The maximum atomic E-state index is 12.0. The predicted molar refractivity (Wildman–Crippen MR) is 75.1 cm³/mol. The van der Waals surface area contributed by atoms with Crippen LogP contribution in [0.4, 0.5) is 0 Å². The van der Waals surface area contributed by atoms with E-state index >= 15 is 0 Å². The molecule has 0 bridgehead atoms. The van der Waals surface area contributed by atoms with Crippen LogP contribution in [0.25, 0.3) is 0 Å². The first-order valence-electron chi connectivity index (χ1n) is 6.96. The van der Waals surface area contributed by atoms with Crippen molar-refractivity contribution in [1.29, 1.82) is 0 Å². The average molecular weight is 293 g/mol. The molecule has 0 saturated carbocycles. The van der Waals surface area contributed by atoms with Crippen LogP contribution in [0.1, 0.15) is 36.2 Å². The zero-order valence-electron chi connectivity index (χ0n) is 12.2. The molecule has 1 amide bonds. The van der Waals surface area contributed by atoms with Crippen molar-refractivity contribution in [2.45, 2.75) is 52.1 Å². The van der Waals surface area contributed by atoms with Crippen LogP contribution in [-0.2, 0) is 22.6 Å². The first-order valence-corrected chi connectivity index (χ1v) is 6.96. The van der Waals surface area contributed by atoms with E-state index in [-0.39, 0.29) is 24.1 Å². The zero-order valence-corrected chi connectivity index (χ0v) is 12.2. The fraction of sp³-hybridized carbons (Fsp3) is 0.571. The lowest BCUT2D eigenvalue weighted by molar-refractivity contribution is -0.137. The second kappa shape index (κ2) is 6.07. The van der Waals surface area contributed by atoms with E-state index in [0.29, 0.717) is 31.5 Å². The maximum absolute atomic E-state index is 12.0. The first kappa shape index (κ1) is 15.2.